The van der Waals surface area contributed by atoms with Crippen molar-refractivity contribution in [2.24, 2.45) is 0 Å². The number of hydrogen-bond donors (Lipinski definition) is 1. The van der Waals surface area contributed by atoms with Gasteiger partial charge in [-0.3, -0.25) is 0 Å². The highest BCUT2D eigenvalue weighted by Crippen LogP contribution is 2.52. The van der Waals surface area contributed by atoms with Gasteiger partial charge >= 0.3 is 0 Å². The first-order valence-corrected chi connectivity index (χ1v) is 10.3. The lowest BCUT2D eigenvalue weighted by molar-refractivity contribution is 0.199. The Bertz CT molecular complexity index is 651. The van der Waals surface area contributed by atoms with Crippen molar-refractivity contribution >= 4 is 17.8 Å². The third-order valence-corrected chi connectivity index (χ3v) is 8.07. The molecule has 0 spiro atoms. The van der Waals surface area contributed by atoms with Gasteiger partial charge < -0.3 is 9.67 Å². The van der Waals surface area contributed by atoms with Gasteiger partial charge in [0, 0.05) is 10.6 Å². The first kappa shape index (κ1) is 18.7. The Hall–Kier alpha value is -1.63. The first-order chi connectivity index (χ1) is 11.5. The summed E-state index contributed by atoms with van der Waals surface area (Å²) in [4.78, 5) is 0. The van der Waals surface area contributed by atoms with Crippen LogP contribution in [0.3, 0.4) is 0 Å². The molecule has 0 radical (unpaired) electrons. The molecule has 2 aromatic rings. The Kier molecular flexibility index (Phi) is 6.60. The summed E-state index contributed by atoms with van der Waals surface area (Å²) in [6.45, 7) is 7.83. The molecule has 0 unspecified atom stereocenters. The Morgan fingerprint density at radius 1 is 1.04 bits per heavy atom. The molecule has 0 bridgehead atoms. The van der Waals surface area contributed by atoms with Crippen LogP contribution in [0, 0.1) is 0 Å². The van der Waals surface area contributed by atoms with Crippen molar-refractivity contribution in [3.05, 3.63) is 72.8 Å². The van der Waals surface area contributed by atoms with Gasteiger partial charge in [0.15, 0.2) is 0 Å². The third kappa shape index (κ3) is 3.88. The molecular formula is C21H27O2P. The monoisotopic (exact) mass is 342 g/mol. The summed E-state index contributed by atoms with van der Waals surface area (Å²) < 4.78 is 14.4. The number of aliphatic hydroxyl groups is 1. The number of unbranched alkanes of at least 4 members (excludes halogenated alkanes) is 1. The zero-order valence-electron chi connectivity index (χ0n) is 14.6. The summed E-state index contributed by atoms with van der Waals surface area (Å²) in [5.74, 6) is 0. The molecule has 0 amide bonds. The highest BCUT2D eigenvalue weighted by atomic mass is 31.2. The van der Waals surface area contributed by atoms with Crippen molar-refractivity contribution in [1.29, 1.82) is 0 Å². The minimum absolute atomic E-state index is 0.347. The highest BCUT2D eigenvalue weighted by molar-refractivity contribution is 7.79. The van der Waals surface area contributed by atoms with Gasteiger partial charge in [0.05, 0.1) is 11.8 Å². The van der Waals surface area contributed by atoms with Crippen molar-refractivity contribution in [2.75, 3.05) is 0 Å². The zero-order valence-corrected chi connectivity index (χ0v) is 15.5. The lowest BCUT2D eigenvalue weighted by Crippen LogP contribution is -2.35. The molecule has 0 saturated heterocycles. The van der Waals surface area contributed by atoms with E-state index >= 15 is 0 Å². The molecule has 0 aliphatic heterocycles. The van der Waals surface area contributed by atoms with Gasteiger partial charge in [-0.15, -0.1) is 0 Å². The predicted molar refractivity (Wildman–Crippen MR) is 104 cm³/mol. The van der Waals surface area contributed by atoms with Gasteiger partial charge in [0.25, 0.3) is 0 Å². The largest absolute Gasteiger partial charge is 0.388 e. The number of benzene rings is 2. The molecule has 0 heterocycles. The molecule has 0 aromatic heterocycles. The van der Waals surface area contributed by atoms with Crippen LogP contribution in [-0.4, -0.2) is 16.9 Å². The topological polar surface area (TPSA) is 37.3 Å². The summed E-state index contributed by atoms with van der Waals surface area (Å²) in [6, 6.07) is 19.2. The van der Waals surface area contributed by atoms with E-state index in [-0.39, 0.29) is 5.66 Å². The van der Waals surface area contributed by atoms with Gasteiger partial charge in [-0.25, -0.2) is 0 Å². The van der Waals surface area contributed by atoms with E-state index < -0.39 is 13.2 Å². The van der Waals surface area contributed by atoms with Gasteiger partial charge in [-0.2, -0.15) is 0 Å². The maximum Gasteiger partial charge on any atom is 0.149 e. The minimum Gasteiger partial charge on any atom is -0.388 e. The van der Waals surface area contributed by atoms with Gasteiger partial charge in [0.2, 0.25) is 0 Å². The fraction of sp³-hybridized carbons (Fsp3) is 0.333. The zero-order chi connectivity index (χ0) is 17.6. The van der Waals surface area contributed by atoms with Gasteiger partial charge in [0.1, 0.15) is 7.14 Å². The number of rotatable bonds is 8. The molecule has 0 aliphatic rings. The van der Waals surface area contributed by atoms with Crippen LogP contribution in [0.1, 0.15) is 33.1 Å². The molecule has 0 fully saturated rings. The highest BCUT2D eigenvalue weighted by Gasteiger charge is 2.40. The van der Waals surface area contributed by atoms with E-state index in [1.165, 1.54) is 0 Å². The molecule has 0 aliphatic carbocycles. The molecule has 1 N–H and O–H groups in total. The van der Waals surface area contributed by atoms with Crippen LogP contribution in [-0.2, 0) is 4.57 Å². The summed E-state index contributed by atoms with van der Waals surface area (Å²) in [5, 5.41) is 12.4. The van der Waals surface area contributed by atoms with Crippen molar-refractivity contribution in [1.82, 2.24) is 0 Å². The van der Waals surface area contributed by atoms with E-state index in [9.17, 15) is 9.67 Å². The molecule has 2 rings (SSSR count). The maximum absolute atomic E-state index is 14.4. The van der Waals surface area contributed by atoms with Crippen molar-refractivity contribution in [3.8, 4) is 0 Å². The normalized spacial score (nSPS) is 14.1. The van der Waals surface area contributed by atoms with E-state index in [0.717, 1.165) is 23.5 Å². The van der Waals surface area contributed by atoms with Crippen LogP contribution in [0.4, 0.5) is 0 Å². The van der Waals surface area contributed by atoms with Crippen molar-refractivity contribution < 1.29 is 9.67 Å². The maximum atomic E-state index is 14.4. The van der Waals surface area contributed by atoms with E-state index in [2.05, 4.69) is 13.5 Å². The molecule has 3 heteroatoms. The standard InChI is InChI=1S/C21H27O2P/c1-4-5-16-20(21(22)17(2)3)24(23,18-12-8-6-9-13-18)19-14-10-7-11-15-19/h6-15,20-22H,2,4-5,16H2,1,3H3/t20-,21+/m1/s1. The molecular weight excluding hydrogens is 315 g/mol. The Morgan fingerprint density at radius 2 is 1.50 bits per heavy atom. The molecule has 2 nitrogen and oxygen atoms in total. The lowest BCUT2D eigenvalue weighted by Gasteiger charge is -2.32. The third-order valence-electron chi connectivity index (χ3n) is 4.47. The molecule has 2 aromatic carbocycles. The summed E-state index contributed by atoms with van der Waals surface area (Å²) in [7, 11) is -2.98. The Balaban J connectivity index is 2.63. The van der Waals surface area contributed by atoms with Crippen LogP contribution < -0.4 is 10.6 Å². The van der Waals surface area contributed by atoms with Crippen LogP contribution in [0.15, 0.2) is 72.8 Å². The van der Waals surface area contributed by atoms with E-state index in [0.29, 0.717) is 12.0 Å². The second kappa shape index (κ2) is 8.46. The van der Waals surface area contributed by atoms with E-state index in [4.69, 9.17) is 0 Å². The second-order valence-electron chi connectivity index (χ2n) is 6.33. The average Bonchev–Trinajstić information content (AvgIpc) is 2.62. The van der Waals surface area contributed by atoms with Crippen molar-refractivity contribution in [2.45, 2.75) is 44.9 Å². The fourth-order valence-corrected chi connectivity index (χ4v) is 6.60. The smallest absolute Gasteiger partial charge is 0.149 e. The van der Waals surface area contributed by atoms with Gasteiger partial charge in [-0.05, 0) is 13.3 Å². The van der Waals surface area contributed by atoms with Crippen LogP contribution >= 0.6 is 7.14 Å². The molecule has 24 heavy (non-hydrogen) atoms. The average molecular weight is 342 g/mol. The summed E-state index contributed by atoms with van der Waals surface area (Å²) >= 11 is 0. The van der Waals surface area contributed by atoms with Crippen LogP contribution in [0.5, 0.6) is 0 Å². The number of aliphatic hydroxyl groups excluding tert-OH is 1. The molecule has 128 valence electrons. The Morgan fingerprint density at radius 3 is 1.88 bits per heavy atom. The Labute approximate surface area is 145 Å². The van der Waals surface area contributed by atoms with Crippen LogP contribution in [0.25, 0.3) is 0 Å². The fourth-order valence-electron chi connectivity index (χ4n) is 3.11. The van der Waals surface area contributed by atoms with E-state index in [1.807, 2.05) is 67.6 Å². The predicted octanol–water partition coefficient (Wildman–Crippen LogP) is 4.50. The minimum atomic E-state index is -2.98. The van der Waals surface area contributed by atoms with Crippen LogP contribution in [0.2, 0.25) is 0 Å². The molecule has 0 saturated carbocycles. The van der Waals surface area contributed by atoms with Crippen molar-refractivity contribution in [3.63, 3.8) is 0 Å². The van der Waals surface area contributed by atoms with Gasteiger partial charge in [-0.1, -0.05) is 92.6 Å². The summed E-state index contributed by atoms with van der Waals surface area (Å²) in [5.41, 5.74) is 0.322. The molecule has 2 atom stereocenters. The van der Waals surface area contributed by atoms with E-state index in [1.54, 1.807) is 0 Å². The first-order valence-electron chi connectivity index (χ1n) is 8.56. The number of hydrogen-bond acceptors (Lipinski definition) is 2. The summed E-state index contributed by atoms with van der Waals surface area (Å²) in [6.07, 6.45) is 1.87. The SMILES string of the molecule is C=C(C)[C@H](O)[C@@H](CCCC)P(=O)(c1ccccc1)c1ccccc1. The second-order valence-corrected chi connectivity index (χ2v) is 9.34. The lowest BCUT2D eigenvalue weighted by atomic mass is 10.1. The quantitative estimate of drug-likeness (QED) is 0.567.